The van der Waals surface area contributed by atoms with Gasteiger partial charge in [0, 0.05) is 18.9 Å². The van der Waals surface area contributed by atoms with Crippen LogP contribution in [0.3, 0.4) is 0 Å². The first-order valence-corrected chi connectivity index (χ1v) is 5.87. The number of hydrogen-bond donors (Lipinski definition) is 4. The summed E-state index contributed by atoms with van der Waals surface area (Å²) < 4.78 is 0. The maximum Gasteiger partial charge on any atom is 0.326 e. The van der Waals surface area contributed by atoms with Crippen LogP contribution in [0.25, 0.3) is 0 Å². The Hall–Kier alpha value is -2.64. The first-order chi connectivity index (χ1) is 9.49. The number of amides is 2. The molecule has 0 aliphatic rings. The van der Waals surface area contributed by atoms with E-state index in [0.29, 0.717) is 6.42 Å². The average molecular weight is 281 g/mol. The van der Waals surface area contributed by atoms with Crippen LogP contribution in [0.5, 0.6) is 0 Å². The molecule has 108 valence electrons. The standard InChI is InChI=1S/C12H15N3O5/c16-10(17)6-9(11(18)19)15-12(20)14-5-3-8-2-1-4-13-7-8/h1-2,4,7,9H,3,5-6H2,(H,16,17)(H,18,19)(H2,14,15,20)/t9-/m0/s1. The fraction of sp³-hybridized carbons (Fsp3) is 0.333. The number of hydrogen-bond acceptors (Lipinski definition) is 4. The molecule has 8 nitrogen and oxygen atoms in total. The number of carboxylic acids is 2. The van der Waals surface area contributed by atoms with Crippen LogP contribution >= 0.6 is 0 Å². The minimum absolute atomic E-state index is 0.289. The van der Waals surface area contributed by atoms with Crippen molar-refractivity contribution in [1.29, 1.82) is 0 Å². The number of carbonyl (C=O) groups is 3. The van der Waals surface area contributed by atoms with E-state index in [-0.39, 0.29) is 6.54 Å². The summed E-state index contributed by atoms with van der Waals surface area (Å²) in [5.41, 5.74) is 0.924. The summed E-state index contributed by atoms with van der Waals surface area (Å²) >= 11 is 0. The minimum Gasteiger partial charge on any atom is -0.481 e. The Labute approximate surface area is 114 Å². The van der Waals surface area contributed by atoms with Crippen molar-refractivity contribution in [2.45, 2.75) is 18.9 Å². The second-order valence-corrected chi connectivity index (χ2v) is 4.00. The van der Waals surface area contributed by atoms with E-state index in [1.165, 1.54) is 0 Å². The Morgan fingerprint density at radius 2 is 2.05 bits per heavy atom. The molecule has 0 spiro atoms. The van der Waals surface area contributed by atoms with Gasteiger partial charge in [0.2, 0.25) is 0 Å². The summed E-state index contributed by atoms with van der Waals surface area (Å²) in [4.78, 5) is 36.6. The number of nitrogens with one attached hydrogen (secondary N) is 2. The highest BCUT2D eigenvalue weighted by atomic mass is 16.4. The molecule has 1 heterocycles. The summed E-state index contributed by atoms with van der Waals surface area (Å²) in [6, 6.07) is 1.44. The fourth-order valence-corrected chi connectivity index (χ4v) is 1.45. The number of nitrogens with zero attached hydrogens (tertiary/aromatic N) is 1. The van der Waals surface area contributed by atoms with Gasteiger partial charge in [-0.3, -0.25) is 9.78 Å². The van der Waals surface area contributed by atoms with Gasteiger partial charge in [-0.25, -0.2) is 9.59 Å². The number of pyridine rings is 1. The molecule has 0 fully saturated rings. The summed E-state index contributed by atoms with van der Waals surface area (Å²) in [5, 5.41) is 21.8. The van der Waals surface area contributed by atoms with E-state index in [4.69, 9.17) is 10.2 Å². The van der Waals surface area contributed by atoms with Crippen LogP contribution in [-0.2, 0) is 16.0 Å². The summed E-state index contributed by atoms with van der Waals surface area (Å²) in [6.45, 7) is 0.289. The van der Waals surface area contributed by atoms with Crippen molar-refractivity contribution in [2.75, 3.05) is 6.54 Å². The second-order valence-electron chi connectivity index (χ2n) is 4.00. The highest BCUT2D eigenvalue weighted by molar-refractivity contribution is 5.86. The Morgan fingerprint density at radius 3 is 2.60 bits per heavy atom. The molecule has 8 heteroatoms. The molecule has 0 aromatic carbocycles. The molecule has 0 saturated carbocycles. The zero-order valence-corrected chi connectivity index (χ0v) is 10.6. The first kappa shape index (κ1) is 15.4. The number of urea groups is 1. The zero-order valence-electron chi connectivity index (χ0n) is 10.6. The summed E-state index contributed by atoms with van der Waals surface area (Å²) in [7, 11) is 0. The Morgan fingerprint density at radius 1 is 1.30 bits per heavy atom. The summed E-state index contributed by atoms with van der Waals surface area (Å²) in [6.07, 6.45) is 3.15. The molecule has 0 saturated heterocycles. The normalized spacial score (nSPS) is 11.4. The van der Waals surface area contributed by atoms with Crippen LogP contribution in [-0.4, -0.2) is 45.8 Å². The van der Waals surface area contributed by atoms with Gasteiger partial charge in [0.05, 0.1) is 6.42 Å². The Bertz CT molecular complexity index is 477. The molecule has 0 bridgehead atoms. The van der Waals surface area contributed by atoms with Gasteiger partial charge < -0.3 is 20.8 Å². The SMILES string of the molecule is O=C(O)C[C@H](NC(=O)NCCc1cccnc1)C(=O)O. The van der Waals surface area contributed by atoms with Crippen molar-refractivity contribution in [1.82, 2.24) is 15.6 Å². The number of rotatable bonds is 7. The molecule has 1 atom stereocenters. The van der Waals surface area contributed by atoms with Gasteiger partial charge >= 0.3 is 18.0 Å². The van der Waals surface area contributed by atoms with Gasteiger partial charge in [0.1, 0.15) is 6.04 Å². The van der Waals surface area contributed by atoms with Crippen molar-refractivity contribution >= 4 is 18.0 Å². The minimum atomic E-state index is -1.45. The lowest BCUT2D eigenvalue weighted by Crippen LogP contribution is -2.47. The van der Waals surface area contributed by atoms with Crippen LogP contribution in [0.15, 0.2) is 24.5 Å². The molecule has 0 aliphatic heterocycles. The van der Waals surface area contributed by atoms with Crippen molar-refractivity contribution in [3.8, 4) is 0 Å². The van der Waals surface area contributed by atoms with Gasteiger partial charge in [-0.2, -0.15) is 0 Å². The number of aromatic nitrogens is 1. The van der Waals surface area contributed by atoms with E-state index >= 15 is 0 Å². The highest BCUT2D eigenvalue weighted by Gasteiger charge is 2.22. The lowest BCUT2D eigenvalue weighted by atomic mass is 10.2. The van der Waals surface area contributed by atoms with Gasteiger partial charge in [-0.1, -0.05) is 6.07 Å². The molecule has 0 unspecified atom stereocenters. The van der Waals surface area contributed by atoms with Crippen molar-refractivity contribution in [3.63, 3.8) is 0 Å². The van der Waals surface area contributed by atoms with Crippen LogP contribution < -0.4 is 10.6 Å². The maximum atomic E-state index is 11.4. The third kappa shape index (κ3) is 5.80. The zero-order chi connectivity index (χ0) is 15.0. The van der Waals surface area contributed by atoms with E-state index in [1.807, 2.05) is 6.07 Å². The van der Waals surface area contributed by atoms with E-state index in [9.17, 15) is 14.4 Å². The van der Waals surface area contributed by atoms with E-state index in [1.54, 1.807) is 18.5 Å². The second kappa shape index (κ2) is 7.72. The quantitative estimate of drug-likeness (QED) is 0.550. The van der Waals surface area contributed by atoms with Crippen LogP contribution in [0.4, 0.5) is 4.79 Å². The first-order valence-electron chi connectivity index (χ1n) is 5.87. The molecule has 0 aliphatic carbocycles. The Balaban J connectivity index is 2.35. The van der Waals surface area contributed by atoms with E-state index < -0.39 is 30.4 Å². The van der Waals surface area contributed by atoms with Crippen LogP contribution in [0, 0.1) is 0 Å². The molecule has 1 rings (SSSR count). The smallest absolute Gasteiger partial charge is 0.326 e. The van der Waals surface area contributed by atoms with Crippen molar-refractivity contribution < 1.29 is 24.6 Å². The molecular weight excluding hydrogens is 266 g/mol. The van der Waals surface area contributed by atoms with Crippen molar-refractivity contribution in [2.24, 2.45) is 0 Å². The number of carbonyl (C=O) groups excluding carboxylic acids is 1. The molecular formula is C12H15N3O5. The van der Waals surface area contributed by atoms with Gasteiger partial charge in [0.25, 0.3) is 0 Å². The lowest BCUT2D eigenvalue weighted by molar-refractivity contribution is -0.145. The molecule has 2 amide bonds. The molecule has 20 heavy (non-hydrogen) atoms. The number of aliphatic carboxylic acids is 2. The third-order valence-electron chi connectivity index (χ3n) is 2.40. The predicted octanol–water partition coefficient (Wildman–Crippen LogP) is -0.149. The van der Waals surface area contributed by atoms with Crippen LogP contribution in [0.1, 0.15) is 12.0 Å². The molecule has 1 aromatic heterocycles. The van der Waals surface area contributed by atoms with Gasteiger partial charge in [-0.05, 0) is 18.1 Å². The highest BCUT2D eigenvalue weighted by Crippen LogP contribution is 1.96. The fourth-order valence-electron chi connectivity index (χ4n) is 1.45. The predicted molar refractivity (Wildman–Crippen MR) is 68.2 cm³/mol. The van der Waals surface area contributed by atoms with Gasteiger partial charge in [-0.15, -0.1) is 0 Å². The van der Waals surface area contributed by atoms with Crippen molar-refractivity contribution in [3.05, 3.63) is 30.1 Å². The largest absolute Gasteiger partial charge is 0.481 e. The topological polar surface area (TPSA) is 129 Å². The van der Waals surface area contributed by atoms with Gasteiger partial charge in [0.15, 0.2) is 0 Å². The molecule has 0 radical (unpaired) electrons. The third-order valence-corrected chi connectivity index (χ3v) is 2.40. The van der Waals surface area contributed by atoms with Crippen LogP contribution in [0.2, 0.25) is 0 Å². The average Bonchev–Trinajstić information content (AvgIpc) is 2.38. The molecule has 4 N–H and O–H groups in total. The monoisotopic (exact) mass is 281 g/mol. The number of carboxylic acid groups (broad SMARTS) is 2. The molecule has 1 aromatic rings. The van der Waals surface area contributed by atoms with E-state index in [2.05, 4.69) is 15.6 Å². The lowest BCUT2D eigenvalue weighted by Gasteiger charge is -2.13. The Kier molecular flexibility index (Phi) is 5.95. The summed E-state index contributed by atoms with van der Waals surface area (Å²) in [5.74, 6) is -2.69. The maximum absolute atomic E-state index is 11.4. The van der Waals surface area contributed by atoms with E-state index in [0.717, 1.165) is 5.56 Å².